The van der Waals surface area contributed by atoms with Crippen molar-refractivity contribution in [1.29, 1.82) is 0 Å². The van der Waals surface area contributed by atoms with Crippen LogP contribution in [0.1, 0.15) is 30.1 Å². The summed E-state index contributed by atoms with van der Waals surface area (Å²) in [4.78, 5) is 15.7. The highest BCUT2D eigenvalue weighted by Gasteiger charge is 2.09. The maximum absolute atomic E-state index is 11.8. The van der Waals surface area contributed by atoms with E-state index in [4.69, 9.17) is 0 Å². The van der Waals surface area contributed by atoms with Crippen LogP contribution in [-0.2, 0) is 0 Å². The number of pyridine rings is 1. The van der Waals surface area contributed by atoms with E-state index in [-0.39, 0.29) is 11.9 Å². The van der Waals surface area contributed by atoms with Gasteiger partial charge in [0.15, 0.2) is 0 Å². The Kier molecular flexibility index (Phi) is 5.98. The molecule has 1 aromatic heterocycles. The van der Waals surface area contributed by atoms with E-state index < -0.39 is 0 Å². The van der Waals surface area contributed by atoms with E-state index in [2.05, 4.69) is 42.2 Å². The minimum absolute atomic E-state index is 0.0733. The molecule has 0 fully saturated rings. The van der Waals surface area contributed by atoms with E-state index in [1.807, 2.05) is 6.92 Å². The monoisotopic (exact) mass is 348 g/mol. The Morgan fingerprint density at radius 2 is 2.31 bits per heavy atom. The fourth-order valence-corrected chi connectivity index (χ4v) is 1.99. The Labute approximate surface area is 112 Å². The molecule has 1 aromatic rings. The molecule has 0 saturated carbocycles. The molecule has 5 heteroatoms. The standard InChI is InChI=1S/C11H14Br2N2O/c1-8(3-2-4-12)15-11(16)9-5-10(13)7-14-6-9/h5-8H,2-4H2,1H3,(H,15,16). The average Bonchev–Trinajstić information content (AvgIpc) is 2.26. The number of amides is 1. The fraction of sp³-hybridized carbons (Fsp3) is 0.455. The van der Waals surface area contributed by atoms with E-state index in [1.54, 1.807) is 18.5 Å². The second-order valence-corrected chi connectivity index (χ2v) is 5.31. The molecule has 88 valence electrons. The first-order chi connectivity index (χ1) is 7.63. The van der Waals surface area contributed by atoms with Crippen molar-refractivity contribution in [2.24, 2.45) is 0 Å². The van der Waals surface area contributed by atoms with Crippen LogP contribution in [0.15, 0.2) is 22.9 Å². The molecule has 1 rings (SSSR count). The zero-order valence-electron chi connectivity index (χ0n) is 9.04. The zero-order chi connectivity index (χ0) is 12.0. The minimum atomic E-state index is -0.0733. The number of hydrogen-bond donors (Lipinski definition) is 1. The maximum Gasteiger partial charge on any atom is 0.253 e. The number of rotatable bonds is 5. The van der Waals surface area contributed by atoms with Gasteiger partial charge in [-0.2, -0.15) is 0 Å². The molecule has 0 bridgehead atoms. The van der Waals surface area contributed by atoms with Crippen LogP contribution in [0.3, 0.4) is 0 Å². The highest BCUT2D eigenvalue weighted by Crippen LogP contribution is 2.10. The van der Waals surface area contributed by atoms with Crippen molar-refractivity contribution in [1.82, 2.24) is 10.3 Å². The summed E-state index contributed by atoms with van der Waals surface area (Å²) in [5.74, 6) is -0.0733. The summed E-state index contributed by atoms with van der Waals surface area (Å²) >= 11 is 6.66. The predicted molar refractivity (Wildman–Crippen MR) is 71.9 cm³/mol. The van der Waals surface area contributed by atoms with Crippen molar-refractivity contribution in [3.8, 4) is 0 Å². The van der Waals surface area contributed by atoms with Gasteiger partial charge in [0.25, 0.3) is 5.91 Å². The van der Waals surface area contributed by atoms with Gasteiger partial charge in [-0.25, -0.2) is 0 Å². The van der Waals surface area contributed by atoms with E-state index in [0.717, 1.165) is 22.6 Å². The molecule has 1 N–H and O–H groups in total. The largest absolute Gasteiger partial charge is 0.350 e. The minimum Gasteiger partial charge on any atom is -0.350 e. The summed E-state index contributed by atoms with van der Waals surface area (Å²) in [6.07, 6.45) is 5.25. The van der Waals surface area contributed by atoms with Crippen LogP contribution < -0.4 is 5.32 Å². The van der Waals surface area contributed by atoms with Crippen molar-refractivity contribution in [3.63, 3.8) is 0 Å². The van der Waals surface area contributed by atoms with Crippen LogP contribution in [0.25, 0.3) is 0 Å². The molecule has 1 atom stereocenters. The van der Waals surface area contributed by atoms with Gasteiger partial charge in [-0.1, -0.05) is 15.9 Å². The molecule has 0 aliphatic carbocycles. The van der Waals surface area contributed by atoms with Crippen LogP contribution in [0.5, 0.6) is 0 Å². The number of nitrogens with zero attached hydrogens (tertiary/aromatic N) is 1. The fourth-order valence-electron chi connectivity index (χ4n) is 1.30. The quantitative estimate of drug-likeness (QED) is 0.830. The van der Waals surface area contributed by atoms with Crippen LogP contribution in [0.4, 0.5) is 0 Å². The molecule has 1 unspecified atom stereocenters. The Bertz CT molecular complexity index is 358. The summed E-state index contributed by atoms with van der Waals surface area (Å²) in [7, 11) is 0. The molecule has 0 spiro atoms. The molecule has 0 aliphatic rings. The molecular formula is C11H14Br2N2O. The van der Waals surface area contributed by atoms with Gasteiger partial charge in [-0.15, -0.1) is 0 Å². The summed E-state index contributed by atoms with van der Waals surface area (Å²) in [6.45, 7) is 2.01. The molecule has 16 heavy (non-hydrogen) atoms. The smallest absolute Gasteiger partial charge is 0.253 e. The van der Waals surface area contributed by atoms with Gasteiger partial charge in [0.1, 0.15) is 0 Å². The highest BCUT2D eigenvalue weighted by atomic mass is 79.9. The summed E-state index contributed by atoms with van der Waals surface area (Å²) in [5, 5.41) is 3.90. The Morgan fingerprint density at radius 3 is 2.94 bits per heavy atom. The van der Waals surface area contributed by atoms with E-state index in [0.29, 0.717) is 5.56 Å². The lowest BCUT2D eigenvalue weighted by atomic mass is 10.2. The SMILES string of the molecule is CC(CCCBr)NC(=O)c1cncc(Br)c1. The van der Waals surface area contributed by atoms with Crippen LogP contribution >= 0.6 is 31.9 Å². The lowest BCUT2D eigenvalue weighted by molar-refractivity contribution is 0.0938. The number of carbonyl (C=O) groups is 1. The van der Waals surface area contributed by atoms with Gasteiger partial charge >= 0.3 is 0 Å². The molecule has 3 nitrogen and oxygen atoms in total. The second-order valence-electron chi connectivity index (χ2n) is 3.60. The van der Waals surface area contributed by atoms with Gasteiger partial charge < -0.3 is 5.32 Å². The number of nitrogens with one attached hydrogen (secondary N) is 1. The van der Waals surface area contributed by atoms with Crippen LogP contribution in [-0.4, -0.2) is 22.3 Å². The third kappa shape index (κ3) is 4.61. The molecule has 1 amide bonds. The first-order valence-electron chi connectivity index (χ1n) is 5.11. The van der Waals surface area contributed by atoms with E-state index >= 15 is 0 Å². The van der Waals surface area contributed by atoms with Gasteiger partial charge in [0, 0.05) is 28.2 Å². The highest BCUT2D eigenvalue weighted by molar-refractivity contribution is 9.10. The van der Waals surface area contributed by atoms with Crippen molar-refractivity contribution in [3.05, 3.63) is 28.5 Å². The van der Waals surface area contributed by atoms with Crippen molar-refractivity contribution in [2.45, 2.75) is 25.8 Å². The van der Waals surface area contributed by atoms with Gasteiger partial charge in [-0.05, 0) is 41.8 Å². The number of hydrogen-bond acceptors (Lipinski definition) is 2. The van der Waals surface area contributed by atoms with Crippen molar-refractivity contribution < 1.29 is 4.79 Å². The van der Waals surface area contributed by atoms with Gasteiger partial charge in [-0.3, -0.25) is 9.78 Å². The predicted octanol–water partition coefficient (Wildman–Crippen LogP) is 3.14. The summed E-state index contributed by atoms with van der Waals surface area (Å²) in [6, 6.07) is 1.95. The first-order valence-corrected chi connectivity index (χ1v) is 7.02. The molecule has 0 saturated heterocycles. The second kappa shape index (κ2) is 7.01. The maximum atomic E-state index is 11.8. The first kappa shape index (κ1) is 13.6. The lowest BCUT2D eigenvalue weighted by Gasteiger charge is -2.12. The van der Waals surface area contributed by atoms with E-state index in [9.17, 15) is 4.79 Å². The third-order valence-electron chi connectivity index (χ3n) is 2.12. The van der Waals surface area contributed by atoms with Crippen molar-refractivity contribution >= 4 is 37.8 Å². The Morgan fingerprint density at radius 1 is 1.56 bits per heavy atom. The Balaban J connectivity index is 2.52. The molecule has 0 radical (unpaired) electrons. The lowest BCUT2D eigenvalue weighted by Crippen LogP contribution is -2.32. The number of halogens is 2. The third-order valence-corrected chi connectivity index (χ3v) is 3.11. The normalized spacial score (nSPS) is 12.2. The topological polar surface area (TPSA) is 42.0 Å². The molecular weight excluding hydrogens is 336 g/mol. The molecule has 1 heterocycles. The summed E-state index contributed by atoms with van der Waals surface area (Å²) in [5.41, 5.74) is 0.583. The zero-order valence-corrected chi connectivity index (χ0v) is 12.2. The number of aromatic nitrogens is 1. The van der Waals surface area contributed by atoms with Crippen LogP contribution in [0, 0.1) is 0 Å². The average molecular weight is 350 g/mol. The van der Waals surface area contributed by atoms with Crippen LogP contribution in [0.2, 0.25) is 0 Å². The van der Waals surface area contributed by atoms with Gasteiger partial charge in [0.2, 0.25) is 0 Å². The van der Waals surface area contributed by atoms with E-state index in [1.165, 1.54) is 0 Å². The molecule has 0 aromatic carbocycles. The number of alkyl halides is 1. The van der Waals surface area contributed by atoms with Crippen molar-refractivity contribution in [2.75, 3.05) is 5.33 Å². The molecule has 0 aliphatic heterocycles. The Hall–Kier alpha value is -0.420. The van der Waals surface area contributed by atoms with Gasteiger partial charge in [0.05, 0.1) is 5.56 Å². The summed E-state index contributed by atoms with van der Waals surface area (Å²) < 4.78 is 0.813. The number of carbonyl (C=O) groups excluding carboxylic acids is 1.